The number of hydrogen-bond acceptors (Lipinski definition) is 6. The van der Waals surface area contributed by atoms with Crippen molar-refractivity contribution in [2.24, 2.45) is 0 Å². The topological polar surface area (TPSA) is 94.7 Å². The number of morpholine rings is 1. The molecule has 0 aromatic heterocycles. The van der Waals surface area contributed by atoms with E-state index in [9.17, 15) is 13.2 Å². The van der Waals surface area contributed by atoms with Crippen LogP contribution < -0.4 is 4.72 Å². The first kappa shape index (κ1) is 22.7. The van der Waals surface area contributed by atoms with Crippen LogP contribution in [0.4, 0.5) is 4.79 Å². The molecule has 1 atom stereocenters. The van der Waals surface area contributed by atoms with Crippen LogP contribution >= 0.6 is 0 Å². The van der Waals surface area contributed by atoms with Gasteiger partial charge in [-0.3, -0.25) is 4.90 Å². The van der Waals surface area contributed by atoms with Crippen LogP contribution in [0.2, 0.25) is 0 Å². The van der Waals surface area contributed by atoms with E-state index in [1.165, 1.54) is 4.31 Å². The van der Waals surface area contributed by atoms with E-state index >= 15 is 0 Å². The molecule has 0 spiro atoms. The van der Waals surface area contributed by atoms with Crippen molar-refractivity contribution in [2.45, 2.75) is 31.3 Å². The minimum atomic E-state index is -3.49. The van der Waals surface area contributed by atoms with E-state index in [-0.39, 0.29) is 12.1 Å². The fourth-order valence-corrected chi connectivity index (χ4v) is 5.49. The van der Waals surface area contributed by atoms with Gasteiger partial charge in [0.05, 0.1) is 13.2 Å². The molecule has 0 aromatic rings. The number of ether oxygens (including phenoxy) is 2. The third kappa shape index (κ3) is 6.02. The molecule has 0 aromatic carbocycles. The van der Waals surface area contributed by atoms with Crippen LogP contribution in [0.25, 0.3) is 0 Å². The van der Waals surface area contributed by atoms with Crippen LogP contribution in [0.1, 0.15) is 19.3 Å². The summed E-state index contributed by atoms with van der Waals surface area (Å²) in [7, 11) is 0.0524. The maximum Gasteiger partial charge on any atom is 0.319 e. The molecule has 0 saturated carbocycles. The number of nitrogens with zero attached hydrogens (tertiary/aromatic N) is 4. The average molecular weight is 434 g/mol. The molecule has 3 fully saturated rings. The third-order valence-corrected chi connectivity index (χ3v) is 7.52. The summed E-state index contributed by atoms with van der Waals surface area (Å²) < 4.78 is 40.0. The molecule has 1 unspecified atom stereocenters. The second-order valence-corrected chi connectivity index (χ2v) is 9.81. The van der Waals surface area contributed by atoms with Crippen molar-refractivity contribution < 1.29 is 22.7 Å². The van der Waals surface area contributed by atoms with Crippen molar-refractivity contribution >= 4 is 16.2 Å². The van der Waals surface area contributed by atoms with E-state index in [0.717, 1.165) is 39.0 Å². The van der Waals surface area contributed by atoms with Crippen LogP contribution in [0.15, 0.2) is 0 Å². The van der Waals surface area contributed by atoms with Crippen LogP contribution in [0.5, 0.6) is 0 Å². The summed E-state index contributed by atoms with van der Waals surface area (Å²) >= 11 is 0. The van der Waals surface area contributed by atoms with Gasteiger partial charge in [0.1, 0.15) is 0 Å². The first-order valence-electron chi connectivity index (χ1n) is 10.5. The summed E-state index contributed by atoms with van der Waals surface area (Å²) in [4.78, 5) is 18.2. The molecule has 2 amide bonds. The molecule has 1 N–H and O–H groups in total. The Kier molecular flexibility index (Phi) is 8.11. The number of likely N-dealkylation sites (tertiary alicyclic amines) is 1. The average Bonchev–Trinajstić information content (AvgIpc) is 3.21. The van der Waals surface area contributed by atoms with Crippen molar-refractivity contribution in [3.63, 3.8) is 0 Å². The Morgan fingerprint density at radius 1 is 1.00 bits per heavy atom. The first-order valence-corrected chi connectivity index (χ1v) is 11.9. The Morgan fingerprint density at radius 2 is 1.66 bits per heavy atom. The van der Waals surface area contributed by atoms with Crippen LogP contribution in [-0.4, -0.2) is 125 Å². The highest BCUT2D eigenvalue weighted by Crippen LogP contribution is 2.23. The molecule has 10 nitrogen and oxygen atoms in total. The van der Waals surface area contributed by atoms with Gasteiger partial charge in [0.25, 0.3) is 10.2 Å². The highest BCUT2D eigenvalue weighted by molar-refractivity contribution is 7.87. The van der Waals surface area contributed by atoms with Crippen LogP contribution in [0, 0.1) is 0 Å². The zero-order chi connectivity index (χ0) is 20.9. The van der Waals surface area contributed by atoms with Crippen molar-refractivity contribution in [1.82, 2.24) is 23.7 Å². The second kappa shape index (κ2) is 10.4. The summed E-state index contributed by atoms with van der Waals surface area (Å²) in [5.41, 5.74) is 0. The Hall–Kier alpha value is -0.980. The predicted molar refractivity (Wildman–Crippen MR) is 109 cm³/mol. The number of carbonyl (C=O) groups excluding carboxylic acids is 1. The summed E-state index contributed by atoms with van der Waals surface area (Å²) in [5.74, 6) is 0. The van der Waals surface area contributed by atoms with Gasteiger partial charge in [0, 0.05) is 78.7 Å². The van der Waals surface area contributed by atoms with Gasteiger partial charge in [-0.1, -0.05) is 0 Å². The Bertz CT molecular complexity index is 635. The molecule has 0 bridgehead atoms. The van der Waals surface area contributed by atoms with Gasteiger partial charge >= 0.3 is 6.03 Å². The maximum atomic E-state index is 12.5. The SMILES string of the molecule is CN(C)C(=O)N1CCC(N(CCNS(=O)(=O)N2CCOCC2)C2CCOCC2)C1. The monoisotopic (exact) mass is 433 g/mol. The van der Waals surface area contributed by atoms with E-state index in [0.29, 0.717) is 52.0 Å². The van der Waals surface area contributed by atoms with Crippen molar-refractivity contribution in [2.75, 3.05) is 79.8 Å². The fraction of sp³-hybridized carbons (Fsp3) is 0.944. The molecular formula is C18H35N5O5S. The molecular weight excluding hydrogens is 398 g/mol. The smallest absolute Gasteiger partial charge is 0.319 e. The Labute approximate surface area is 174 Å². The van der Waals surface area contributed by atoms with E-state index in [1.54, 1.807) is 19.0 Å². The summed E-state index contributed by atoms with van der Waals surface area (Å²) in [6, 6.07) is 0.637. The van der Waals surface area contributed by atoms with Crippen molar-refractivity contribution in [1.29, 1.82) is 0 Å². The number of amides is 2. The van der Waals surface area contributed by atoms with Gasteiger partial charge < -0.3 is 19.3 Å². The van der Waals surface area contributed by atoms with Crippen molar-refractivity contribution in [3.8, 4) is 0 Å². The predicted octanol–water partition coefficient (Wildman–Crippen LogP) is -0.610. The highest BCUT2D eigenvalue weighted by Gasteiger charge is 2.35. The molecule has 3 saturated heterocycles. The number of nitrogens with one attached hydrogen (secondary N) is 1. The van der Waals surface area contributed by atoms with Crippen LogP contribution in [-0.2, 0) is 19.7 Å². The van der Waals surface area contributed by atoms with Gasteiger partial charge in [-0.25, -0.2) is 9.52 Å². The van der Waals surface area contributed by atoms with Crippen molar-refractivity contribution in [3.05, 3.63) is 0 Å². The molecule has 3 aliphatic rings. The van der Waals surface area contributed by atoms with Gasteiger partial charge in [-0.2, -0.15) is 12.7 Å². The molecule has 0 radical (unpaired) electrons. The minimum absolute atomic E-state index is 0.0347. The van der Waals surface area contributed by atoms with Crippen LogP contribution in [0.3, 0.4) is 0 Å². The molecule has 3 rings (SSSR count). The molecule has 0 aliphatic carbocycles. The number of hydrogen-bond donors (Lipinski definition) is 1. The molecule has 11 heteroatoms. The zero-order valence-electron chi connectivity index (χ0n) is 17.6. The number of rotatable bonds is 7. The molecule has 3 heterocycles. The third-order valence-electron chi connectivity index (χ3n) is 5.91. The fourth-order valence-electron chi connectivity index (χ4n) is 4.33. The second-order valence-electron chi connectivity index (χ2n) is 8.06. The number of urea groups is 1. The lowest BCUT2D eigenvalue weighted by Gasteiger charge is -2.38. The molecule has 3 aliphatic heterocycles. The summed E-state index contributed by atoms with van der Waals surface area (Å²) in [6.45, 7) is 5.53. The zero-order valence-corrected chi connectivity index (χ0v) is 18.4. The lowest BCUT2D eigenvalue weighted by atomic mass is 10.0. The number of carbonyl (C=O) groups is 1. The standard InChI is InChI=1S/C18H35N5O5S/c1-20(2)18(24)21-7-3-17(15-21)23(16-4-11-27-12-5-16)8-6-19-29(25,26)22-9-13-28-14-10-22/h16-17,19H,3-15H2,1-2H3. The first-order chi connectivity index (χ1) is 13.9. The largest absolute Gasteiger partial charge is 0.381 e. The van der Waals surface area contributed by atoms with Gasteiger partial charge in [-0.15, -0.1) is 0 Å². The van der Waals surface area contributed by atoms with E-state index < -0.39 is 10.2 Å². The molecule has 168 valence electrons. The summed E-state index contributed by atoms with van der Waals surface area (Å²) in [5, 5.41) is 0. The highest BCUT2D eigenvalue weighted by atomic mass is 32.2. The molecule has 29 heavy (non-hydrogen) atoms. The van der Waals surface area contributed by atoms with Gasteiger partial charge in [-0.05, 0) is 19.3 Å². The lowest BCUT2D eigenvalue weighted by Crippen LogP contribution is -2.52. The Balaban J connectivity index is 1.58. The van der Waals surface area contributed by atoms with E-state index in [2.05, 4.69) is 9.62 Å². The lowest BCUT2D eigenvalue weighted by molar-refractivity contribution is 0.0192. The Morgan fingerprint density at radius 3 is 2.31 bits per heavy atom. The minimum Gasteiger partial charge on any atom is -0.381 e. The quantitative estimate of drug-likeness (QED) is 0.576. The van der Waals surface area contributed by atoms with E-state index in [4.69, 9.17) is 9.47 Å². The van der Waals surface area contributed by atoms with Gasteiger partial charge in [0.15, 0.2) is 0 Å². The summed E-state index contributed by atoms with van der Waals surface area (Å²) in [6.07, 6.45) is 2.79. The normalized spacial score (nSPS) is 24.9. The van der Waals surface area contributed by atoms with E-state index in [1.807, 2.05) is 4.90 Å². The maximum absolute atomic E-state index is 12.5. The van der Waals surface area contributed by atoms with Gasteiger partial charge in [0.2, 0.25) is 0 Å².